The number of rotatable bonds is 4. The Kier molecular flexibility index (Phi) is 4.88. The van der Waals surface area contributed by atoms with E-state index in [1.807, 2.05) is 11.8 Å². The standard InChI is InChI=1S/C15H18F3NO2/c1-2-21-13-5-7-19(8-6-13)12-4-3-11(10-20)14(9-12)15(16,17)18/h3-4,9-10,13H,2,5-8H2,1H3. The van der Waals surface area contributed by atoms with Gasteiger partial charge in [0.05, 0.1) is 11.7 Å². The summed E-state index contributed by atoms with van der Waals surface area (Å²) in [4.78, 5) is 12.6. The first-order valence-electron chi connectivity index (χ1n) is 6.98. The van der Waals surface area contributed by atoms with Crippen LogP contribution in [0.1, 0.15) is 35.7 Å². The van der Waals surface area contributed by atoms with Crippen molar-refractivity contribution >= 4 is 12.0 Å². The Morgan fingerprint density at radius 3 is 2.52 bits per heavy atom. The molecule has 21 heavy (non-hydrogen) atoms. The second-order valence-corrected chi connectivity index (χ2v) is 5.03. The summed E-state index contributed by atoms with van der Waals surface area (Å²) in [5.74, 6) is 0. The maximum Gasteiger partial charge on any atom is 0.417 e. The minimum Gasteiger partial charge on any atom is -0.378 e. The van der Waals surface area contributed by atoms with Crippen LogP contribution in [0.2, 0.25) is 0 Å². The number of nitrogens with zero attached hydrogens (tertiary/aromatic N) is 1. The van der Waals surface area contributed by atoms with Crippen molar-refractivity contribution in [2.45, 2.75) is 32.0 Å². The summed E-state index contributed by atoms with van der Waals surface area (Å²) in [6, 6.07) is 3.87. The van der Waals surface area contributed by atoms with Gasteiger partial charge in [0, 0.05) is 30.9 Å². The van der Waals surface area contributed by atoms with Crippen molar-refractivity contribution in [2.24, 2.45) is 0 Å². The molecule has 1 aromatic carbocycles. The van der Waals surface area contributed by atoms with Crippen LogP contribution in [0, 0.1) is 0 Å². The third-order valence-corrected chi connectivity index (χ3v) is 3.68. The van der Waals surface area contributed by atoms with Crippen LogP contribution in [0.3, 0.4) is 0 Å². The molecule has 0 bridgehead atoms. The number of alkyl halides is 3. The summed E-state index contributed by atoms with van der Waals surface area (Å²) in [5, 5.41) is 0. The zero-order valence-electron chi connectivity index (χ0n) is 11.8. The highest BCUT2D eigenvalue weighted by molar-refractivity contribution is 5.79. The molecule has 1 aromatic rings. The van der Waals surface area contributed by atoms with E-state index < -0.39 is 11.7 Å². The molecule has 6 heteroatoms. The SMILES string of the molecule is CCOC1CCN(c2ccc(C=O)c(C(F)(F)F)c2)CC1. The Hall–Kier alpha value is -1.56. The quantitative estimate of drug-likeness (QED) is 0.797. The first-order chi connectivity index (χ1) is 9.95. The van der Waals surface area contributed by atoms with Crippen LogP contribution in [0.15, 0.2) is 18.2 Å². The zero-order chi connectivity index (χ0) is 15.5. The van der Waals surface area contributed by atoms with E-state index in [-0.39, 0.29) is 18.0 Å². The maximum atomic E-state index is 12.9. The lowest BCUT2D eigenvalue weighted by Gasteiger charge is -2.33. The van der Waals surface area contributed by atoms with Gasteiger partial charge in [-0.2, -0.15) is 13.2 Å². The predicted molar refractivity (Wildman–Crippen MR) is 73.7 cm³/mol. The number of carbonyl (C=O) groups is 1. The molecule has 1 aliphatic rings. The summed E-state index contributed by atoms with van der Waals surface area (Å²) >= 11 is 0. The fourth-order valence-electron chi connectivity index (χ4n) is 2.61. The Labute approximate surface area is 121 Å². The summed E-state index contributed by atoms with van der Waals surface area (Å²) in [6.07, 6.45) is -2.50. The average molecular weight is 301 g/mol. The molecular weight excluding hydrogens is 283 g/mol. The van der Waals surface area contributed by atoms with E-state index in [1.54, 1.807) is 6.07 Å². The molecule has 1 heterocycles. The number of ether oxygens (including phenoxy) is 1. The van der Waals surface area contributed by atoms with Crippen LogP contribution in [-0.2, 0) is 10.9 Å². The molecule has 0 aromatic heterocycles. The van der Waals surface area contributed by atoms with Crippen molar-refractivity contribution in [2.75, 3.05) is 24.6 Å². The van der Waals surface area contributed by atoms with Crippen LogP contribution in [0.25, 0.3) is 0 Å². The Morgan fingerprint density at radius 1 is 1.33 bits per heavy atom. The van der Waals surface area contributed by atoms with Crippen molar-refractivity contribution < 1.29 is 22.7 Å². The predicted octanol–water partition coefficient (Wildman–Crippen LogP) is 3.52. The minimum absolute atomic E-state index is 0.183. The van der Waals surface area contributed by atoms with Crippen molar-refractivity contribution in [1.82, 2.24) is 0 Å². The average Bonchev–Trinajstić information content (AvgIpc) is 2.47. The van der Waals surface area contributed by atoms with Gasteiger partial charge in [-0.15, -0.1) is 0 Å². The highest BCUT2D eigenvalue weighted by atomic mass is 19.4. The van der Waals surface area contributed by atoms with Crippen molar-refractivity contribution in [3.8, 4) is 0 Å². The topological polar surface area (TPSA) is 29.5 Å². The van der Waals surface area contributed by atoms with Gasteiger partial charge in [0.2, 0.25) is 0 Å². The van der Waals surface area contributed by atoms with Crippen molar-refractivity contribution in [3.63, 3.8) is 0 Å². The maximum absolute atomic E-state index is 12.9. The summed E-state index contributed by atoms with van der Waals surface area (Å²) in [6.45, 7) is 3.89. The highest BCUT2D eigenvalue weighted by Gasteiger charge is 2.34. The van der Waals surface area contributed by atoms with Gasteiger partial charge < -0.3 is 9.64 Å². The van der Waals surface area contributed by atoms with Crippen LogP contribution < -0.4 is 4.90 Å². The molecule has 0 radical (unpaired) electrons. The first-order valence-corrected chi connectivity index (χ1v) is 6.98. The van der Waals surface area contributed by atoms with Gasteiger partial charge in [0.15, 0.2) is 6.29 Å². The number of hydrogen-bond acceptors (Lipinski definition) is 3. The van der Waals surface area contributed by atoms with E-state index >= 15 is 0 Å². The fraction of sp³-hybridized carbons (Fsp3) is 0.533. The van der Waals surface area contributed by atoms with Crippen molar-refractivity contribution in [3.05, 3.63) is 29.3 Å². The molecule has 1 fully saturated rings. The monoisotopic (exact) mass is 301 g/mol. The zero-order valence-corrected chi connectivity index (χ0v) is 11.8. The molecule has 0 unspecified atom stereocenters. The molecular formula is C15H18F3NO2. The normalized spacial score (nSPS) is 17.0. The number of halogens is 3. The Balaban J connectivity index is 2.16. The first kappa shape index (κ1) is 15.8. The molecule has 0 N–H and O–H groups in total. The lowest BCUT2D eigenvalue weighted by atomic mass is 10.0. The van der Waals surface area contributed by atoms with Gasteiger partial charge in [0.1, 0.15) is 0 Å². The second kappa shape index (κ2) is 6.47. The van der Waals surface area contributed by atoms with E-state index in [0.717, 1.165) is 18.9 Å². The molecule has 0 aliphatic carbocycles. The Morgan fingerprint density at radius 2 is 2.00 bits per heavy atom. The molecule has 1 saturated heterocycles. The molecule has 0 amide bonds. The Bertz CT molecular complexity index is 494. The number of benzene rings is 1. The molecule has 0 spiro atoms. The number of aldehydes is 1. The number of hydrogen-bond donors (Lipinski definition) is 0. The van der Waals surface area contributed by atoms with Gasteiger partial charge in [0.25, 0.3) is 0 Å². The summed E-state index contributed by atoms with van der Waals surface area (Å²) in [7, 11) is 0. The number of carbonyl (C=O) groups excluding carboxylic acids is 1. The van der Waals surface area contributed by atoms with Crippen LogP contribution >= 0.6 is 0 Å². The van der Waals surface area contributed by atoms with E-state index in [2.05, 4.69) is 0 Å². The van der Waals surface area contributed by atoms with Crippen LogP contribution in [-0.4, -0.2) is 32.1 Å². The van der Waals surface area contributed by atoms with Gasteiger partial charge in [-0.05, 0) is 38.0 Å². The third kappa shape index (κ3) is 3.75. The largest absolute Gasteiger partial charge is 0.417 e. The molecule has 2 rings (SSSR count). The highest BCUT2D eigenvalue weighted by Crippen LogP contribution is 2.34. The molecule has 1 aliphatic heterocycles. The molecule has 116 valence electrons. The smallest absolute Gasteiger partial charge is 0.378 e. The van der Waals surface area contributed by atoms with Gasteiger partial charge >= 0.3 is 6.18 Å². The van der Waals surface area contributed by atoms with Crippen LogP contribution in [0.4, 0.5) is 18.9 Å². The summed E-state index contributed by atoms with van der Waals surface area (Å²) in [5.41, 5.74) is -0.694. The molecule has 0 atom stereocenters. The van der Waals surface area contributed by atoms with Gasteiger partial charge in [-0.1, -0.05) is 0 Å². The lowest BCUT2D eigenvalue weighted by Crippen LogP contribution is -2.37. The van der Waals surface area contributed by atoms with Gasteiger partial charge in [-0.25, -0.2) is 0 Å². The van der Waals surface area contributed by atoms with E-state index in [1.165, 1.54) is 6.07 Å². The van der Waals surface area contributed by atoms with Gasteiger partial charge in [-0.3, -0.25) is 4.79 Å². The second-order valence-electron chi connectivity index (χ2n) is 5.03. The van der Waals surface area contributed by atoms with Crippen LogP contribution in [0.5, 0.6) is 0 Å². The summed E-state index contributed by atoms with van der Waals surface area (Å²) < 4.78 is 44.4. The fourth-order valence-corrected chi connectivity index (χ4v) is 2.61. The number of piperidine rings is 1. The number of anilines is 1. The van der Waals surface area contributed by atoms with E-state index in [9.17, 15) is 18.0 Å². The van der Waals surface area contributed by atoms with E-state index in [4.69, 9.17) is 4.74 Å². The minimum atomic E-state index is -4.52. The van der Waals surface area contributed by atoms with Crippen molar-refractivity contribution in [1.29, 1.82) is 0 Å². The third-order valence-electron chi connectivity index (χ3n) is 3.68. The lowest BCUT2D eigenvalue weighted by molar-refractivity contribution is -0.137. The molecule has 0 saturated carbocycles. The van der Waals surface area contributed by atoms with E-state index in [0.29, 0.717) is 25.4 Å². The molecule has 3 nitrogen and oxygen atoms in total.